The topological polar surface area (TPSA) is 76.7 Å². The highest BCUT2D eigenvalue weighted by Crippen LogP contribution is 2.23. The van der Waals surface area contributed by atoms with Gasteiger partial charge >= 0.3 is 12.0 Å². The van der Waals surface area contributed by atoms with Crippen LogP contribution in [0.3, 0.4) is 0 Å². The van der Waals surface area contributed by atoms with Crippen LogP contribution in [0.2, 0.25) is 0 Å². The Morgan fingerprint density at radius 3 is 2.40 bits per heavy atom. The number of ether oxygens (including phenoxy) is 2. The summed E-state index contributed by atoms with van der Waals surface area (Å²) < 4.78 is 10.3. The number of urea groups is 1. The number of methoxy groups -OCH3 is 1. The zero-order chi connectivity index (χ0) is 18.1. The van der Waals surface area contributed by atoms with Gasteiger partial charge in [-0.1, -0.05) is 25.5 Å². The van der Waals surface area contributed by atoms with Crippen molar-refractivity contribution >= 4 is 23.4 Å². The van der Waals surface area contributed by atoms with E-state index in [1.54, 1.807) is 42.5 Å². The van der Waals surface area contributed by atoms with Gasteiger partial charge in [-0.3, -0.25) is 0 Å². The molecule has 6 heteroatoms. The summed E-state index contributed by atoms with van der Waals surface area (Å²) >= 11 is 0. The molecule has 2 N–H and O–H groups in total. The molecule has 0 radical (unpaired) electrons. The predicted molar refractivity (Wildman–Crippen MR) is 97.3 cm³/mol. The number of hydrogen-bond donors (Lipinski definition) is 2. The van der Waals surface area contributed by atoms with E-state index in [0.29, 0.717) is 29.3 Å². The first-order valence-corrected chi connectivity index (χ1v) is 8.12. The molecule has 0 atom stereocenters. The van der Waals surface area contributed by atoms with Crippen molar-refractivity contribution in [2.45, 2.75) is 19.8 Å². The van der Waals surface area contributed by atoms with E-state index in [0.717, 1.165) is 12.8 Å². The van der Waals surface area contributed by atoms with Crippen LogP contribution in [-0.2, 0) is 4.74 Å². The number of anilines is 2. The van der Waals surface area contributed by atoms with Crippen LogP contribution >= 0.6 is 0 Å². The lowest BCUT2D eigenvalue weighted by Crippen LogP contribution is -2.19. The SMILES string of the molecule is CCCCOC(=O)c1ccc(NC(=O)Nc2ccccc2OC)cc1. The second kappa shape index (κ2) is 9.32. The van der Waals surface area contributed by atoms with Crippen LogP contribution in [-0.4, -0.2) is 25.7 Å². The van der Waals surface area contributed by atoms with Crippen LogP contribution in [0.1, 0.15) is 30.1 Å². The van der Waals surface area contributed by atoms with Crippen molar-refractivity contribution in [3.8, 4) is 5.75 Å². The molecule has 0 aliphatic carbocycles. The van der Waals surface area contributed by atoms with Crippen molar-refractivity contribution in [3.63, 3.8) is 0 Å². The fraction of sp³-hybridized carbons (Fsp3) is 0.263. The molecule has 2 amide bonds. The van der Waals surface area contributed by atoms with E-state index in [1.807, 2.05) is 13.0 Å². The molecule has 0 aromatic heterocycles. The van der Waals surface area contributed by atoms with Gasteiger partial charge in [0.05, 0.1) is 25.0 Å². The number of benzene rings is 2. The third-order valence-corrected chi connectivity index (χ3v) is 3.46. The second-order valence-corrected chi connectivity index (χ2v) is 5.35. The Hall–Kier alpha value is -3.02. The maximum absolute atomic E-state index is 12.1. The fourth-order valence-corrected chi connectivity index (χ4v) is 2.11. The molecule has 0 aliphatic rings. The Morgan fingerprint density at radius 1 is 1.00 bits per heavy atom. The number of para-hydroxylation sites is 2. The van der Waals surface area contributed by atoms with Gasteiger partial charge in [0.15, 0.2) is 0 Å². The summed E-state index contributed by atoms with van der Waals surface area (Å²) in [5.41, 5.74) is 1.59. The van der Waals surface area contributed by atoms with Crippen LogP contribution < -0.4 is 15.4 Å². The monoisotopic (exact) mass is 342 g/mol. The molecule has 0 bridgehead atoms. The Morgan fingerprint density at radius 2 is 1.72 bits per heavy atom. The number of nitrogens with one attached hydrogen (secondary N) is 2. The summed E-state index contributed by atoms with van der Waals surface area (Å²) in [4.78, 5) is 23.9. The van der Waals surface area contributed by atoms with Gasteiger partial charge in [-0.05, 0) is 42.8 Å². The molecule has 0 aliphatic heterocycles. The Balaban J connectivity index is 1.92. The largest absolute Gasteiger partial charge is 0.495 e. The van der Waals surface area contributed by atoms with Gasteiger partial charge in [-0.15, -0.1) is 0 Å². The van der Waals surface area contributed by atoms with Gasteiger partial charge in [0.2, 0.25) is 0 Å². The smallest absolute Gasteiger partial charge is 0.338 e. The maximum Gasteiger partial charge on any atom is 0.338 e. The van der Waals surface area contributed by atoms with Crippen LogP contribution in [0, 0.1) is 0 Å². The number of carbonyl (C=O) groups is 2. The average molecular weight is 342 g/mol. The highest BCUT2D eigenvalue weighted by Gasteiger charge is 2.09. The molecular formula is C19H22N2O4. The van der Waals surface area contributed by atoms with Crippen molar-refractivity contribution < 1.29 is 19.1 Å². The summed E-state index contributed by atoms with van der Waals surface area (Å²) in [6.07, 6.45) is 1.81. The van der Waals surface area contributed by atoms with E-state index in [1.165, 1.54) is 7.11 Å². The highest BCUT2D eigenvalue weighted by molar-refractivity contribution is 6.01. The minimum atomic E-state index is -0.400. The van der Waals surface area contributed by atoms with E-state index in [-0.39, 0.29) is 5.97 Å². The summed E-state index contributed by atoms with van der Waals surface area (Å²) in [6, 6.07) is 13.3. The van der Waals surface area contributed by atoms with Crippen molar-refractivity contribution in [3.05, 3.63) is 54.1 Å². The first-order chi connectivity index (χ1) is 12.1. The number of rotatable bonds is 7. The molecular weight excluding hydrogens is 320 g/mol. The maximum atomic E-state index is 12.1. The standard InChI is InChI=1S/C19H22N2O4/c1-3-4-13-25-18(22)14-9-11-15(12-10-14)20-19(23)21-16-7-5-6-8-17(16)24-2/h5-12H,3-4,13H2,1-2H3,(H2,20,21,23). The average Bonchev–Trinajstić information content (AvgIpc) is 2.63. The molecule has 25 heavy (non-hydrogen) atoms. The molecule has 0 saturated heterocycles. The van der Waals surface area contributed by atoms with Crippen molar-refractivity contribution in [1.82, 2.24) is 0 Å². The van der Waals surface area contributed by atoms with E-state index < -0.39 is 6.03 Å². The lowest BCUT2D eigenvalue weighted by Gasteiger charge is -2.11. The molecule has 0 fully saturated rings. The van der Waals surface area contributed by atoms with Crippen molar-refractivity contribution in [2.24, 2.45) is 0 Å². The summed E-state index contributed by atoms with van der Waals surface area (Å²) in [6.45, 7) is 2.45. The van der Waals surface area contributed by atoms with Crippen molar-refractivity contribution in [2.75, 3.05) is 24.4 Å². The van der Waals surface area contributed by atoms with Gasteiger partial charge in [-0.2, -0.15) is 0 Å². The van der Waals surface area contributed by atoms with Gasteiger partial charge < -0.3 is 20.1 Å². The zero-order valence-electron chi connectivity index (χ0n) is 14.4. The summed E-state index contributed by atoms with van der Waals surface area (Å²) in [7, 11) is 1.54. The number of unbranched alkanes of at least 4 members (excludes halogenated alkanes) is 1. The molecule has 0 spiro atoms. The third-order valence-electron chi connectivity index (χ3n) is 3.46. The fourth-order valence-electron chi connectivity index (χ4n) is 2.11. The predicted octanol–water partition coefficient (Wildman–Crippen LogP) is 4.30. The Kier molecular flexibility index (Phi) is 6.83. The summed E-state index contributed by atoms with van der Waals surface area (Å²) in [5.74, 6) is 0.210. The van der Waals surface area contributed by atoms with E-state index in [4.69, 9.17) is 9.47 Å². The lowest BCUT2D eigenvalue weighted by atomic mass is 10.2. The lowest BCUT2D eigenvalue weighted by molar-refractivity contribution is 0.0500. The molecule has 0 saturated carbocycles. The van der Waals surface area contributed by atoms with Gasteiger partial charge in [-0.25, -0.2) is 9.59 Å². The number of esters is 1. The van der Waals surface area contributed by atoms with Gasteiger partial charge in [0.1, 0.15) is 5.75 Å². The summed E-state index contributed by atoms with van der Waals surface area (Å²) in [5, 5.41) is 5.42. The van der Waals surface area contributed by atoms with E-state index in [2.05, 4.69) is 10.6 Å². The molecule has 2 aromatic rings. The van der Waals surface area contributed by atoms with Crippen LogP contribution in [0.25, 0.3) is 0 Å². The molecule has 2 aromatic carbocycles. The molecule has 2 rings (SSSR count). The van der Waals surface area contributed by atoms with Gasteiger partial charge in [0, 0.05) is 5.69 Å². The number of hydrogen-bond acceptors (Lipinski definition) is 4. The molecule has 0 heterocycles. The molecule has 6 nitrogen and oxygen atoms in total. The Labute approximate surface area is 147 Å². The van der Waals surface area contributed by atoms with Crippen LogP contribution in [0.4, 0.5) is 16.2 Å². The zero-order valence-corrected chi connectivity index (χ0v) is 14.4. The third kappa shape index (κ3) is 5.53. The van der Waals surface area contributed by atoms with Crippen LogP contribution in [0.15, 0.2) is 48.5 Å². The minimum Gasteiger partial charge on any atom is -0.495 e. The van der Waals surface area contributed by atoms with Crippen LogP contribution in [0.5, 0.6) is 5.75 Å². The van der Waals surface area contributed by atoms with Gasteiger partial charge in [0.25, 0.3) is 0 Å². The highest BCUT2D eigenvalue weighted by atomic mass is 16.5. The first kappa shape index (κ1) is 18.3. The number of carbonyl (C=O) groups excluding carboxylic acids is 2. The second-order valence-electron chi connectivity index (χ2n) is 5.35. The van der Waals surface area contributed by atoms with E-state index in [9.17, 15) is 9.59 Å². The molecule has 0 unspecified atom stereocenters. The normalized spacial score (nSPS) is 10.0. The van der Waals surface area contributed by atoms with Crippen molar-refractivity contribution in [1.29, 1.82) is 0 Å². The quantitative estimate of drug-likeness (QED) is 0.581. The Bertz CT molecular complexity index is 714. The minimum absolute atomic E-state index is 0.363. The number of amides is 2. The molecule has 132 valence electrons. The first-order valence-electron chi connectivity index (χ1n) is 8.12. The van der Waals surface area contributed by atoms with E-state index >= 15 is 0 Å².